The van der Waals surface area contributed by atoms with Crippen molar-refractivity contribution < 1.29 is 9.47 Å². The summed E-state index contributed by atoms with van der Waals surface area (Å²) in [6, 6.07) is 8.23. The molecule has 1 heterocycles. The molecule has 1 atom stereocenters. The SMILES string of the molecule is CCc1ccc(NC(N)=NCCCOCC2CCOC2)cc1. The van der Waals surface area contributed by atoms with Crippen molar-refractivity contribution in [2.45, 2.75) is 26.2 Å². The van der Waals surface area contributed by atoms with Crippen LogP contribution in [0.2, 0.25) is 0 Å². The van der Waals surface area contributed by atoms with Gasteiger partial charge in [0.2, 0.25) is 0 Å². The number of hydrogen-bond donors (Lipinski definition) is 2. The first-order valence-corrected chi connectivity index (χ1v) is 8.09. The average Bonchev–Trinajstić information content (AvgIpc) is 3.05. The lowest BCUT2D eigenvalue weighted by atomic mass is 10.1. The summed E-state index contributed by atoms with van der Waals surface area (Å²) in [6.45, 7) is 6.04. The number of guanidine groups is 1. The molecule has 1 aromatic carbocycles. The first-order chi connectivity index (χ1) is 10.8. The van der Waals surface area contributed by atoms with Gasteiger partial charge in [0, 0.05) is 31.4 Å². The minimum atomic E-state index is 0.452. The first-order valence-electron chi connectivity index (χ1n) is 8.09. The average molecular weight is 305 g/mol. The van der Waals surface area contributed by atoms with E-state index in [9.17, 15) is 0 Å². The van der Waals surface area contributed by atoms with E-state index in [4.69, 9.17) is 15.2 Å². The van der Waals surface area contributed by atoms with Crippen LogP contribution in [0.1, 0.15) is 25.3 Å². The van der Waals surface area contributed by atoms with Gasteiger partial charge in [0.25, 0.3) is 0 Å². The second kappa shape index (κ2) is 9.43. The summed E-state index contributed by atoms with van der Waals surface area (Å²) in [5, 5.41) is 3.10. The Labute approximate surface area is 132 Å². The summed E-state index contributed by atoms with van der Waals surface area (Å²) in [7, 11) is 0. The molecule has 5 nitrogen and oxygen atoms in total. The zero-order chi connectivity index (χ0) is 15.6. The van der Waals surface area contributed by atoms with Crippen molar-refractivity contribution in [2.24, 2.45) is 16.6 Å². The van der Waals surface area contributed by atoms with Crippen LogP contribution < -0.4 is 11.1 Å². The molecule has 1 aliphatic heterocycles. The third-order valence-electron chi connectivity index (χ3n) is 3.74. The Bertz CT molecular complexity index is 453. The molecule has 1 saturated heterocycles. The lowest BCUT2D eigenvalue weighted by Gasteiger charge is -2.08. The van der Waals surface area contributed by atoms with Gasteiger partial charge in [-0.15, -0.1) is 0 Å². The maximum atomic E-state index is 5.87. The molecule has 0 bridgehead atoms. The smallest absolute Gasteiger partial charge is 0.193 e. The highest BCUT2D eigenvalue weighted by Gasteiger charge is 2.14. The van der Waals surface area contributed by atoms with E-state index in [1.165, 1.54) is 5.56 Å². The van der Waals surface area contributed by atoms with Crippen LogP contribution in [0.25, 0.3) is 0 Å². The fraction of sp³-hybridized carbons (Fsp3) is 0.588. The minimum Gasteiger partial charge on any atom is -0.381 e. The van der Waals surface area contributed by atoms with Crippen molar-refractivity contribution in [3.8, 4) is 0 Å². The number of benzene rings is 1. The number of nitrogens with two attached hydrogens (primary N) is 1. The van der Waals surface area contributed by atoms with Gasteiger partial charge in [0.1, 0.15) is 0 Å². The standard InChI is InChI=1S/C17H27N3O2/c1-2-14-4-6-16(7-5-14)20-17(18)19-9-3-10-21-12-15-8-11-22-13-15/h4-7,15H,2-3,8-13H2,1H3,(H3,18,19,20). The van der Waals surface area contributed by atoms with Gasteiger partial charge >= 0.3 is 0 Å². The Balaban J connectivity index is 1.58. The largest absolute Gasteiger partial charge is 0.381 e. The number of rotatable bonds is 8. The predicted octanol–water partition coefficient (Wildman–Crippen LogP) is 2.42. The minimum absolute atomic E-state index is 0.452. The Kier molecular flexibility index (Phi) is 7.19. The molecule has 1 fully saturated rings. The topological polar surface area (TPSA) is 68.9 Å². The molecule has 22 heavy (non-hydrogen) atoms. The highest BCUT2D eigenvalue weighted by Crippen LogP contribution is 2.12. The summed E-state index contributed by atoms with van der Waals surface area (Å²) in [5.41, 5.74) is 8.15. The van der Waals surface area contributed by atoms with Crippen molar-refractivity contribution >= 4 is 11.6 Å². The molecular formula is C17H27N3O2. The van der Waals surface area contributed by atoms with E-state index in [0.717, 1.165) is 51.4 Å². The summed E-state index contributed by atoms with van der Waals surface area (Å²) in [6.07, 6.45) is 3.04. The van der Waals surface area contributed by atoms with E-state index in [-0.39, 0.29) is 0 Å². The first kappa shape index (κ1) is 16.8. The third-order valence-corrected chi connectivity index (χ3v) is 3.74. The van der Waals surface area contributed by atoms with E-state index < -0.39 is 0 Å². The summed E-state index contributed by atoms with van der Waals surface area (Å²) >= 11 is 0. The quantitative estimate of drug-likeness (QED) is 0.440. The number of hydrogen-bond acceptors (Lipinski definition) is 3. The molecule has 0 amide bonds. The van der Waals surface area contributed by atoms with Crippen molar-refractivity contribution in [1.82, 2.24) is 0 Å². The number of aryl methyl sites for hydroxylation is 1. The maximum Gasteiger partial charge on any atom is 0.193 e. The monoisotopic (exact) mass is 305 g/mol. The van der Waals surface area contributed by atoms with Crippen LogP contribution in [0.4, 0.5) is 5.69 Å². The molecule has 122 valence electrons. The Hall–Kier alpha value is -1.59. The van der Waals surface area contributed by atoms with Gasteiger partial charge in [-0.2, -0.15) is 0 Å². The molecule has 1 aliphatic rings. The Morgan fingerprint density at radius 1 is 1.41 bits per heavy atom. The van der Waals surface area contributed by atoms with Gasteiger partial charge in [-0.1, -0.05) is 19.1 Å². The Morgan fingerprint density at radius 2 is 2.23 bits per heavy atom. The van der Waals surface area contributed by atoms with Crippen LogP contribution in [0.15, 0.2) is 29.3 Å². The Morgan fingerprint density at radius 3 is 2.91 bits per heavy atom. The molecule has 5 heteroatoms. The van der Waals surface area contributed by atoms with Crippen LogP contribution in [0.5, 0.6) is 0 Å². The van der Waals surface area contributed by atoms with E-state index in [1.54, 1.807) is 0 Å². The van der Waals surface area contributed by atoms with Crippen molar-refractivity contribution in [3.05, 3.63) is 29.8 Å². The number of ether oxygens (including phenoxy) is 2. The van der Waals surface area contributed by atoms with Gasteiger partial charge in [-0.05, 0) is 37.0 Å². The van der Waals surface area contributed by atoms with Crippen LogP contribution in [0, 0.1) is 5.92 Å². The van der Waals surface area contributed by atoms with Crippen molar-refractivity contribution in [3.63, 3.8) is 0 Å². The molecule has 0 aromatic heterocycles. The summed E-state index contributed by atoms with van der Waals surface area (Å²) < 4.78 is 10.9. The lowest BCUT2D eigenvalue weighted by molar-refractivity contribution is 0.0893. The number of nitrogens with one attached hydrogen (secondary N) is 1. The fourth-order valence-electron chi connectivity index (χ4n) is 2.34. The normalized spacial score (nSPS) is 18.6. The molecule has 0 spiro atoms. The maximum absolute atomic E-state index is 5.87. The van der Waals surface area contributed by atoms with Gasteiger partial charge in [0.15, 0.2) is 5.96 Å². The summed E-state index contributed by atoms with van der Waals surface area (Å²) in [5.74, 6) is 1.02. The van der Waals surface area contributed by atoms with Crippen LogP contribution >= 0.6 is 0 Å². The molecule has 0 aliphatic carbocycles. The van der Waals surface area contributed by atoms with E-state index >= 15 is 0 Å². The van der Waals surface area contributed by atoms with Gasteiger partial charge < -0.3 is 20.5 Å². The van der Waals surface area contributed by atoms with Gasteiger partial charge in [-0.3, -0.25) is 4.99 Å². The molecule has 0 radical (unpaired) electrons. The lowest BCUT2D eigenvalue weighted by Crippen LogP contribution is -2.23. The number of aliphatic imine (C=N–C) groups is 1. The zero-order valence-corrected chi connectivity index (χ0v) is 13.4. The van der Waals surface area contributed by atoms with Gasteiger partial charge in [0.05, 0.1) is 13.2 Å². The highest BCUT2D eigenvalue weighted by atomic mass is 16.5. The molecular weight excluding hydrogens is 278 g/mol. The van der Waals surface area contributed by atoms with Crippen LogP contribution in [0.3, 0.4) is 0 Å². The predicted molar refractivity (Wildman–Crippen MR) is 90.3 cm³/mol. The second-order valence-electron chi connectivity index (χ2n) is 5.60. The molecule has 1 aromatic rings. The second-order valence-corrected chi connectivity index (χ2v) is 5.60. The van der Waals surface area contributed by atoms with Gasteiger partial charge in [-0.25, -0.2) is 0 Å². The summed E-state index contributed by atoms with van der Waals surface area (Å²) in [4.78, 5) is 4.31. The molecule has 0 saturated carbocycles. The number of anilines is 1. The van der Waals surface area contributed by atoms with E-state index in [1.807, 2.05) is 12.1 Å². The molecule has 3 N–H and O–H groups in total. The van der Waals surface area contributed by atoms with E-state index in [2.05, 4.69) is 29.4 Å². The van der Waals surface area contributed by atoms with Crippen molar-refractivity contribution in [2.75, 3.05) is 38.3 Å². The van der Waals surface area contributed by atoms with Crippen molar-refractivity contribution in [1.29, 1.82) is 0 Å². The zero-order valence-electron chi connectivity index (χ0n) is 13.4. The number of nitrogens with zero attached hydrogens (tertiary/aromatic N) is 1. The highest BCUT2D eigenvalue weighted by molar-refractivity contribution is 5.92. The molecule has 1 unspecified atom stereocenters. The molecule has 2 rings (SSSR count). The van der Waals surface area contributed by atoms with E-state index in [0.29, 0.717) is 18.4 Å². The van der Waals surface area contributed by atoms with Crippen LogP contribution in [-0.4, -0.2) is 38.9 Å². The fourth-order valence-corrected chi connectivity index (χ4v) is 2.34. The van der Waals surface area contributed by atoms with Crippen LogP contribution in [-0.2, 0) is 15.9 Å². The third kappa shape index (κ3) is 6.03.